The zero-order valence-corrected chi connectivity index (χ0v) is 18.3. The second-order valence-corrected chi connectivity index (χ2v) is 10.5. The molecule has 2 unspecified atom stereocenters. The van der Waals surface area contributed by atoms with E-state index in [1.54, 1.807) is 47.8 Å². The third-order valence-electron chi connectivity index (χ3n) is 5.69. The second-order valence-electron chi connectivity index (χ2n) is 7.62. The molecule has 2 aliphatic rings. The molecule has 1 saturated heterocycles. The van der Waals surface area contributed by atoms with Gasteiger partial charge in [0, 0.05) is 12.1 Å². The van der Waals surface area contributed by atoms with Gasteiger partial charge in [-0.15, -0.1) is 11.3 Å². The van der Waals surface area contributed by atoms with Gasteiger partial charge >= 0.3 is 0 Å². The molecule has 2 atom stereocenters. The first-order valence-electron chi connectivity index (χ1n) is 9.92. The minimum absolute atomic E-state index is 0.147. The van der Waals surface area contributed by atoms with Crippen LogP contribution >= 0.6 is 11.3 Å². The maximum Gasteiger partial charge on any atom is 0.256 e. The van der Waals surface area contributed by atoms with Crippen LogP contribution in [0.3, 0.4) is 0 Å². The first-order valence-corrected chi connectivity index (χ1v) is 12.3. The highest BCUT2D eigenvalue weighted by Gasteiger charge is 2.46. The van der Waals surface area contributed by atoms with Crippen molar-refractivity contribution < 1.29 is 22.4 Å². The van der Waals surface area contributed by atoms with Gasteiger partial charge in [0.05, 0.1) is 17.3 Å². The molecule has 0 bridgehead atoms. The topological polar surface area (TPSA) is 95.6 Å². The highest BCUT2D eigenvalue weighted by Crippen LogP contribution is 2.33. The number of carbonyl (C=O) groups excluding carboxylic acids is 2. The van der Waals surface area contributed by atoms with Crippen molar-refractivity contribution in [1.29, 1.82) is 0 Å². The molecule has 0 aliphatic carbocycles. The number of fused-ring (bicyclic) bond motifs is 2. The number of amides is 2. The fraction of sp³-hybridized carbons (Fsp3) is 0.182. The van der Waals surface area contributed by atoms with Gasteiger partial charge < -0.3 is 10.2 Å². The van der Waals surface area contributed by atoms with Gasteiger partial charge in [-0.1, -0.05) is 30.3 Å². The van der Waals surface area contributed by atoms with Gasteiger partial charge in [0.2, 0.25) is 15.9 Å². The lowest BCUT2D eigenvalue weighted by molar-refractivity contribution is -0.120. The number of rotatable bonds is 4. The van der Waals surface area contributed by atoms with Crippen LogP contribution in [0.1, 0.15) is 16.8 Å². The molecule has 5 rings (SSSR count). The van der Waals surface area contributed by atoms with Crippen molar-refractivity contribution in [2.75, 3.05) is 11.9 Å². The van der Waals surface area contributed by atoms with Crippen LogP contribution in [0.4, 0.5) is 10.1 Å². The second kappa shape index (κ2) is 7.80. The molecule has 10 heteroatoms. The molecule has 0 spiro atoms. The highest BCUT2D eigenvalue weighted by atomic mass is 32.2. The molecule has 2 aromatic carbocycles. The summed E-state index contributed by atoms with van der Waals surface area (Å²) in [4.78, 5) is 27.7. The van der Waals surface area contributed by atoms with Crippen LogP contribution in [-0.2, 0) is 14.8 Å². The van der Waals surface area contributed by atoms with Gasteiger partial charge in [-0.05, 0) is 41.6 Å². The summed E-state index contributed by atoms with van der Waals surface area (Å²) < 4.78 is 42.3. The maximum absolute atomic E-state index is 14.3. The lowest BCUT2D eigenvalue weighted by Crippen LogP contribution is -2.51. The predicted molar refractivity (Wildman–Crippen MR) is 118 cm³/mol. The van der Waals surface area contributed by atoms with Gasteiger partial charge in [-0.2, -0.15) is 0 Å². The van der Waals surface area contributed by atoms with E-state index in [1.165, 1.54) is 17.0 Å². The highest BCUT2D eigenvalue weighted by molar-refractivity contribution is 7.91. The summed E-state index contributed by atoms with van der Waals surface area (Å²) in [5.41, 5.74) is 1.41. The standard InChI is InChI=1S/C22H18FN3O4S2/c23-16-5-2-1-4-14(16)13-7-8-17-15(12-13)22(28)26-10-9-18(20(26)21(27)24-17)25-32(29,30)19-6-3-11-31-19/h1-8,11-12,18,20,25H,9-10H2,(H,24,27). The van der Waals surface area contributed by atoms with Crippen molar-refractivity contribution in [3.8, 4) is 11.1 Å². The lowest BCUT2D eigenvalue weighted by atomic mass is 10.0. The smallest absolute Gasteiger partial charge is 0.256 e. The van der Waals surface area contributed by atoms with Crippen molar-refractivity contribution >= 4 is 38.9 Å². The van der Waals surface area contributed by atoms with Gasteiger partial charge in [0.1, 0.15) is 16.1 Å². The molecular formula is C22H18FN3O4S2. The van der Waals surface area contributed by atoms with Crippen molar-refractivity contribution in [1.82, 2.24) is 9.62 Å². The van der Waals surface area contributed by atoms with Gasteiger partial charge in [0.15, 0.2) is 0 Å². The molecule has 2 aliphatic heterocycles. The Hall–Kier alpha value is -3.08. The fourth-order valence-corrected chi connectivity index (χ4v) is 6.48. The predicted octanol–water partition coefficient (Wildman–Crippen LogP) is 3.07. The quantitative estimate of drug-likeness (QED) is 0.611. The average Bonchev–Trinajstić information content (AvgIpc) is 3.43. The van der Waals surface area contributed by atoms with E-state index in [0.717, 1.165) is 11.3 Å². The van der Waals surface area contributed by atoms with E-state index in [4.69, 9.17) is 0 Å². The van der Waals surface area contributed by atoms with Crippen molar-refractivity contribution in [3.05, 3.63) is 71.4 Å². The normalized spacial score (nSPS) is 20.5. The molecule has 1 fully saturated rings. The SMILES string of the molecule is O=C1Nc2ccc(-c3ccccc3F)cc2C(=O)N2CCC(NS(=O)(=O)c3cccs3)C12. The Morgan fingerprint density at radius 3 is 2.62 bits per heavy atom. The minimum Gasteiger partial charge on any atom is -0.325 e. The molecule has 0 radical (unpaired) electrons. The van der Waals surface area contributed by atoms with E-state index in [9.17, 15) is 22.4 Å². The number of sulfonamides is 1. The molecule has 3 aromatic rings. The number of hydrogen-bond acceptors (Lipinski definition) is 5. The van der Waals surface area contributed by atoms with Crippen LogP contribution in [-0.4, -0.2) is 43.8 Å². The van der Waals surface area contributed by atoms with Crippen LogP contribution in [0.2, 0.25) is 0 Å². The van der Waals surface area contributed by atoms with E-state index >= 15 is 0 Å². The molecule has 3 heterocycles. The Kier molecular flexibility index (Phi) is 5.07. The summed E-state index contributed by atoms with van der Waals surface area (Å²) in [6.07, 6.45) is 0.302. The molecule has 2 N–H and O–H groups in total. The number of benzene rings is 2. The Morgan fingerprint density at radius 2 is 1.88 bits per heavy atom. The molecular weight excluding hydrogens is 453 g/mol. The first kappa shape index (κ1) is 20.8. The number of anilines is 1. The summed E-state index contributed by atoms with van der Waals surface area (Å²) in [7, 11) is -3.81. The summed E-state index contributed by atoms with van der Waals surface area (Å²) in [6, 6.07) is 12.4. The Morgan fingerprint density at radius 1 is 1.06 bits per heavy atom. The fourth-order valence-electron chi connectivity index (χ4n) is 4.20. The maximum atomic E-state index is 14.3. The van der Waals surface area contributed by atoms with E-state index in [0.29, 0.717) is 23.2 Å². The molecule has 1 aromatic heterocycles. The third kappa shape index (κ3) is 3.50. The van der Waals surface area contributed by atoms with Gasteiger partial charge in [0.25, 0.3) is 5.91 Å². The average molecular weight is 472 g/mol. The Balaban J connectivity index is 1.48. The number of thiophene rings is 1. The summed E-state index contributed by atoms with van der Waals surface area (Å²) in [5.74, 6) is -1.29. The zero-order chi connectivity index (χ0) is 22.5. The van der Waals surface area contributed by atoms with Crippen LogP contribution in [0.25, 0.3) is 11.1 Å². The Labute approximate surface area is 187 Å². The summed E-state index contributed by atoms with van der Waals surface area (Å²) in [6.45, 7) is 0.220. The third-order valence-corrected chi connectivity index (χ3v) is 8.57. The van der Waals surface area contributed by atoms with Crippen molar-refractivity contribution in [2.45, 2.75) is 22.7 Å². The monoisotopic (exact) mass is 471 g/mol. The number of nitrogens with zero attached hydrogens (tertiary/aromatic N) is 1. The van der Waals surface area contributed by atoms with Crippen molar-refractivity contribution in [2.24, 2.45) is 0 Å². The molecule has 7 nitrogen and oxygen atoms in total. The van der Waals surface area contributed by atoms with E-state index in [2.05, 4.69) is 10.0 Å². The lowest BCUT2D eigenvalue weighted by Gasteiger charge is -2.24. The number of carbonyl (C=O) groups is 2. The Bertz CT molecular complexity index is 1320. The summed E-state index contributed by atoms with van der Waals surface area (Å²) in [5, 5.41) is 4.39. The van der Waals surface area contributed by atoms with Gasteiger partial charge in [-0.25, -0.2) is 17.5 Å². The van der Waals surface area contributed by atoms with Crippen LogP contribution in [0, 0.1) is 5.82 Å². The van der Waals surface area contributed by atoms with Crippen LogP contribution < -0.4 is 10.0 Å². The van der Waals surface area contributed by atoms with Crippen molar-refractivity contribution in [3.63, 3.8) is 0 Å². The number of hydrogen-bond donors (Lipinski definition) is 2. The molecule has 32 heavy (non-hydrogen) atoms. The van der Waals surface area contributed by atoms with Crippen LogP contribution in [0.5, 0.6) is 0 Å². The first-order chi connectivity index (χ1) is 15.3. The largest absolute Gasteiger partial charge is 0.325 e. The van der Waals surface area contributed by atoms with Crippen LogP contribution in [0.15, 0.2) is 64.2 Å². The molecule has 0 saturated carbocycles. The minimum atomic E-state index is -3.81. The van der Waals surface area contributed by atoms with Gasteiger partial charge in [-0.3, -0.25) is 9.59 Å². The molecule has 164 valence electrons. The number of halogens is 1. The van der Waals surface area contributed by atoms with E-state index in [-0.39, 0.29) is 16.3 Å². The number of nitrogens with one attached hydrogen (secondary N) is 2. The van der Waals surface area contributed by atoms with E-state index in [1.807, 2.05) is 0 Å². The molecule has 2 amide bonds. The van der Waals surface area contributed by atoms with E-state index < -0.39 is 39.7 Å². The zero-order valence-electron chi connectivity index (χ0n) is 16.6. The summed E-state index contributed by atoms with van der Waals surface area (Å²) >= 11 is 1.08.